The monoisotopic (exact) mass is 395 g/mol. The van der Waals surface area contributed by atoms with Gasteiger partial charge in [0.25, 0.3) is 5.91 Å². The second-order valence-electron chi connectivity index (χ2n) is 5.94. The van der Waals surface area contributed by atoms with Crippen molar-refractivity contribution in [2.24, 2.45) is 0 Å². The molecule has 0 saturated heterocycles. The van der Waals surface area contributed by atoms with Gasteiger partial charge in [-0.05, 0) is 30.3 Å². The number of ether oxygens (including phenoxy) is 2. The van der Waals surface area contributed by atoms with E-state index in [9.17, 15) is 9.59 Å². The van der Waals surface area contributed by atoms with Crippen LogP contribution in [0.25, 0.3) is 0 Å². The number of carbonyl (C=O) groups is 2. The minimum Gasteiger partial charge on any atom is -0.497 e. The van der Waals surface area contributed by atoms with E-state index in [0.717, 1.165) is 0 Å². The molecule has 0 aliphatic carbocycles. The zero-order valence-corrected chi connectivity index (χ0v) is 16.1. The van der Waals surface area contributed by atoms with Crippen molar-refractivity contribution in [3.8, 4) is 11.5 Å². The second-order valence-corrected chi connectivity index (χ2v) is 6.37. The average molecular weight is 396 g/mol. The first-order valence-electron chi connectivity index (χ1n) is 8.45. The summed E-state index contributed by atoms with van der Waals surface area (Å²) >= 11 is 5.89. The third kappa shape index (κ3) is 4.32. The summed E-state index contributed by atoms with van der Waals surface area (Å²) in [5.41, 5.74) is 1.52. The number of amides is 1. The Morgan fingerprint density at radius 3 is 1.96 bits per heavy atom. The quantitative estimate of drug-likeness (QED) is 0.606. The molecule has 3 aromatic carbocycles. The topological polar surface area (TPSA) is 64.6 Å². The van der Waals surface area contributed by atoms with Gasteiger partial charge in [-0.1, -0.05) is 29.8 Å². The lowest BCUT2D eigenvalue weighted by atomic mass is 9.98. The number of hydrogen-bond donors (Lipinski definition) is 1. The lowest BCUT2D eigenvalue weighted by Crippen LogP contribution is -2.17. The van der Waals surface area contributed by atoms with Crippen LogP contribution in [0.4, 0.5) is 5.69 Å². The summed E-state index contributed by atoms with van der Waals surface area (Å²) in [5.74, 6) is 0.416. The highest BCUT2D eigenvalue weighted by molar-refractivity contribution is 6.30. The summed E-state index contributed by atoms with van der Waals surface area (Å²) in [4.78, 5) is 25.7. The van der Waals surface area contributed by atoms with Crippen molar-refractivity contribution in [3.05, 3.63) is 88.4 Å². The molecule has 0 aliphatic rings. The van der Waals surface area contributed by atoms with Crippen LogP contribution in [0, 0.1) is 0 Å². The molecule has 142 valence electrons. The summed E-state index contributed by atoms with van der Waals surface area (Å²) in [6.07, 6.45) is 0. The fraction of sp³-hybridized carbons (Fsp3) is 0.0909. The van der Waals surface area contributed by atoms with Crippen molar-refractivity contribution < 1.29 is 19.1 Å². The van der Waals surface area contributed by atoms with Crippen molar-refractivity contribution in [1.82, 2.24) is 0 Å². The minimum atomic E-state index is -0.409. The Balaban J connectivity index is 1.91. The highest BCUT2D eigenvalue weighted by Gasteiger charge is 2.18. The van der Waals surface area contributed by atoms with E-state index in [1.54, 1.807) is 66.7 Å². The molecule has 0 spiro atoms. The molecular weight excluding hydrogens is 378 g/mol. The van der Waals surface area contributed by atoms with Gasteiger partial charge >= 0.3 is 0 Å². The Bertz CT molecular complexity index is 993. The Labute approximate surface area is 167 Å². The number of methoxy groups -OCH3 is 2. The van der Waals surface area contributed by atoms with Gasteiger partial charge in [0, 0.05) is 40.0 Å². The lowest BCUT2D eigenvalue weighted by Gasteiger charge is -2.12. The van der Waals surface area contributed by atoms with Crippen LogP contribution in [0.15, 0.2) is 66.7 Å². The number of ketones is 1. The van der Waals surface area contributed by atoms with Gasteiger partial charge in [0.05, 0.1) is 19.8 Å². The summed E-state index contributed by atoms with van der Waals surface area (Å²) in [5, 5.41) is 3.33. The third-order valence-electron chi connectivity index (χ3n) is 4.13. The van der Waals surface area contributed by atoms with Gasteiger partial charge in [-0.15, -0.1) is 0 Å². The number of rotatable bonds is 6. The van der Waals surface area contributed by atoms with E-state index < -0.39 is 5.91 Å². The zero-order valence-electron chi connectivity index (χ0n) is 15.4. The van der Waals surface area contributed by atoms with Crippen LogP contribution in [-0.4, -0.2) is 25.9 Å². The van der Waals surface area contributed by atoms with Crippen molar-refractivity contribution in [1.29, 1.82) is 0 Å². The fourth-order valence-electron chi connectivity index (χ4n) is 2.71. The predicted molar refractivity (Wildman–Crippen MR) is 109 cm³/mol. The molecule has 28 heavy (non-hydrogen) atoms. The molecule has 0 saturated carbocycles. The number of anilines is 1. The molecule has 6 heteroatoms. The lowest BCUT2D eigenvalue weighted by molar-refractivity contribution is 0.0996. The molecular formula is C22H18ClNO4. The van der Waals surface area contributed by atoms with Gasteiger partial charge in [-0.3, -0.25) is 9.59 Å². The molecule has 0 atom stereocenters. The summed E-state index contributed by atoms with van der Waals surface area (Å²) in [6.45, 7) is 0. The van der Waals surface area contributed by atoms with E-state index in [-0.39, 0.29) is 11.3 Å². The van der Waals surface area contributed by atoms with Gasteiger partial charge in [0.2, 0.25) is 0 Å². The Hall–Kier alpha value is -3.31. The first-order chi connectivity index (χ1) is 13.5. The Kier molecular flexibility index (Phi) is 5.96. The van der Waals surface area contributed by atoms with Crippen LogP contribution in [0.5, 0.6) is 11.5 Å². The molecule has 0 radical (unpaired) electrons. The van der Waals surface area contributed by atoms with Gasteiger partial charge in [-0.25, -0.2) is 0 Å². The van der Waals surface area contributed by atoms with E-state index in [2.05, 4.69) is 5.32 Å². The number of nitrogens with one attached hydrogen (secondary N) is 1. The van der Waals surface area contributed by atoms with E-state index in [1.807, 2.05) is 0 Å². The highest BCUT2D eigenvalue weighted by Crippen LogP contribution is 2.26. The molecule has 3 aromatic rings. The minimum absolute atomic E-state index is 0.259. The number of hydrogen-bond acceptors (Lipinski definition) is 4. The molecule has 1 amide bonds. The van der Waals surface area contributed by atoms with Crippen LogP contribution in [-0.2, 0) is 0 Å². The van der Waals surface area contributed by atoms with Gasteiger partial charge in [0.1, 0.15) is 11.5 Å². The number of benzene rings is 3. The van der Waals surface area contributed by atoms with Crippen LogP contribution < -0.4 is 14.8 Å². The molecule has 1 N–H and O–H groups in total. The van der Waals surface area contributed by atoms with Crippen LogP contribution in [0.1, 0.15) is 26.3 Å². The standard InChI is InChI=1S/C22H18ClNO4/c1-27-17-11-16(12-18(13-17)28-2)24-22(26)20-6-4-3-5-19(20)21(25)14-7-9-15(23)10-8-14/h3-13H,1-2H3,(H,24,26). The molecule has 0 bridgehead atoms. The SMILES string of the molecule is COc1cc(NC(=O)c2ccccc2C(=O)c2ccc(Cl)cc2)cc(OC)c1. The van der Waals surface area contributed by atoms with E-state index in [4.69, 9.17) is 21.1 Å². The largest absolute Gasteiger partial charge is 0.497 e. The number of halogens is 1. The first kappa shape index (κ1) is 19.5. The molecule has 0 aliphatic heterocycles. The number of carbonyl (C=O) groups excluding carboxylic acids is 2. The normalized spacial score (nSPS) is 10.2. The van der Waals surface area contributed by atoms with Gasteiger partial charge in [-0.2, -0.15) is 0 Å². The first-order valence-corrected chi connectivity index (χ1v) is 8.83. The molecule has 0 fully saturated rings. The Morgan fingerprint density at radius 2 is 1.39 bits per heavy atom. The van der Waals surface area contributed by atoms with E-state index in [0.29, 0.717) is 33.3 Å². The molecule has 0 unspecified atom stereocenters. The fourth-order valence-corrected chi connectivity index (χ4v) is 2.84. The van der Waals surface area contributed by atoms with Crippen molar-refractivity contribution in [2.75, 3.05) is 19.5 Å². The van der Waals surface area contributed by atoms with Crippen LogP contribution >= 0.6 is 11.6 Å². The maximum atomic E-state index is 12.9. The molecule has 5 nitrogen and oxygen atoms in total. The maximum Gasteiger partial charge on any atom is 0.256 e. The molecule has 0 aromatic heterocycles. The van der Waals surface area contributed by atoms with Crippen LogP contribution in [0.2, 0.25) is 5.02 Å². The summed E-state index contributed by atoms with van der Waals surface area (Å²) in [6, 6.07) is 18.2. The summed E-state index contributed by atoms with van der Waals surface area (Å²) in [7, 11) is 3.06. The van der Waals surface area contributed by atoms with Gasteiger partial charge < -0.3 is 14.8 Å². The molecule has 3 rings (SSSR count). The zero-order chi connectivity index (χ0) is 20.1. The van der Waals surface area contributed by atoms with Crippen molar-refractivity contribution in [2.45, 2.75) is 0 Å². The van der Waals surface area contributed by atoms with E-state index >= 15 is 0 Å². The third-order valence-corrected chi connectivity index (χ3v) is 4.38. The van der Waals surface area contributed by atoms with Crippen molar-refractivity contribution >= 4 is 29.0 Å². The van der Waals surface area contributed by atoms with Gasteiger partial charge in [0.15, 0.2) is 5.78 Å². The average Bonchev–Trinajstić information content (AvgIpc) is 2.73. The van der Waals surface area contributed by atoms with E-state index in [1.165, 1.54) is 14.2 Å². The van der Waals surface area contributed by atoms with Crippen LogP contribution in [0.3, 0.4) is 0 Å². The predicted octanol–water partition coefficient (Wildman–Crippen LogP) is 4.84. The summed E-state index contributed by atoms with van der Waals surface area (Å²) < 4.78 is 10.4. The highest BCUT2D eigenvalue weighted by atomic mass is 35.5. The Morgan fingerprint density at radius 1 is 0.821 bits per heavy atom. The second kappa shape index (κ2) is 8.59. The molecule has 0 heterocycles. The maximum absolute atomic E-state index is 12.9. The smallest absolute Gasteiger partial charge is 0.256 e. The van der Waals surface area contributed by atoms with Crippen molar-refractivity contribution in [3.63, 3.8) is 0 Å².